The number of nitrogens with one attached hydrogen (secondary N) is 1. The minimum atomic E-state index is -0.296. The molecule has 0 aliphatic rings. The van der Waals surface area contributed by atoms with E-state index in [1.807, 2.05) is 13.0 Å². The average Bonchev–Trinajstić information content (AvgIpc) is 2.54. The van der Waals surface area contributed by atoms with E-state index < -0.39 is 0 Å². The predicted octanol–water partition coefficient (Wildman–Crippen LogP) is 2.71. The van der Waals surface area contributed by atoms with Crippen LogP contribution < -0.4 is 5.32 Å². The summed E-state index contributed by atoms with van der Waals surface area (Å²) in [7, 11) is 0. The zero-order chi connectivity index (χ0) is 12.1. The molecule has 1 heterocycles. The van der Waals surface area contributed by atoms with Gasteiger partial charge in [0.2, 0.25) is 0 Å². The van der Waals surface area contributed by atoms with Gasteiger partial charge in [-0.3, -0.25) is 4.79 Å². The minimum absolute atomic E-state index is 0.0376. The lowest BCUT2D eigenvalue weighted by atomic mass is 10.2. The fraction of sp³-hybridized carbons (Fsp3) is 0.545. The molecule has 0 radical (unpaired) electrons. The van der Waals surface area contributed by atoms with E-state index >= 15 is 0 Å². The zero-order valence-corrected chi connectivity index (χ0v) is 11.8. The SMILES string of the molecule is Cc1cc(C(=O)NCCCC(C)O)sc1Br. The first kappa shape index (κ1) is 13.7. The van der Waals surface area contributed by atoms with Gasteiger partial charge in [-0.2, -0.15) is 0 Å². The molecule has 0 bridgehead atoms. The first-order valence-electron chi connectivity index (χ1n) is 5.23. The van der Waals surface area contributed by atoms with Crippen molar-refractivity contribution in [3.05, 3.63) is 20.3 Å². The van der Waals surface area contributed by atoms with E-state index in [4.69, 9.17) is 5.11 Å². The van der Waals surface area contributed by atoms with Gasteiger partial charge in [0.15, 0.2) is 0 Å². The van der Waals surface area contributed by atoms with Crippen molar-refractivity contribution < 1.29 is 9.90 Å². The van der Waals surface area contributed by atoms with Gasteiger partial charge in [0, 0.05) is 6.54 Å². The first-order valence-corrected chi connectivity index (χ1v) is 6.84. The minimum Gasteiger partial charge on any atom is -0.393 e. The lowest BCUT2D eigenvalue weighted by Gasteiger charge is -2.05. The summed E-state index contributed by atoms with van der Waals surface area (Å²) in [5.41, 5.74) is 1.08. The summed E-state index contributed by atoms with van der Waals surface area (Å²) < 4.78 is 1.00. The molecule has 3 nitrogen and oxygen atoms in total. The normalized spacial score (nSPS) is 12.5. The molecule has 0 saturated heterocycles. The molecule has 1 rings (SSSR count). The van der Waals surface area contributed by atoms with Crippen molar-refractivity contribution in [3.63, 3.8) is 0 Å². The number of rotatable bonds is 5. The molecule has 16 heavy (non-hydrogen) atoms. The third-order valence-electron chi connectivity index (χ3n) is 2.17. The van der Waals surface area contributed by atoms with Gasteiger partial charge in [0.25, 0.3) is 5.91 Å². The maximum atomic E-state index is 11.7. The first-order chi connectivity index (χ1) is 7.50. The fourth-order valence-electron chi connectivity index (χ4n) is 1.26. The van der Waals surface area contributed by atoms with Crippen LogP contribution in [0, 0.1) is 6.92 Å². The van der Waals surface area contributed by atoms with Gasteiger partial charge in [-0.25, -0.2) is 0 Å². The molecule has 1 aromatic rings. The topological polar surface area (TPSA) is 49.3 Å². The number of carbonyl (C=O) groups excluding carboxylic acids is 1. The van der Waals surface area contributed by atoms with Crippen LogP contribution in [0.15, 0.2) is 9.85 Å². The molecule has 0 saturated carbocycles. The molecule has 90 valence electrons. The highest BCUT2D eigenvalue weighted by molar-refractivity contribution is 9.11. The van der Waals surface area contributed by atoms with E-state index in [2.05, 4.69) is 21.2 Å². The summed E-state index contributed by atoms with van der Waals surface area (Å²) in [6.07, 6.45) is 1.22. The highest BCUT2D eigenvalue weighted by Gasteiger charge is 2.10. The summed E-state index contributed by atoms with van der Waals surface area (Å²) in [5.74, 6) is -0.0376. The second-order valence-corrected chi connectivity index (χ2v) is 6.18. The predicted molar refractivity (Wildman–Crippen MR) is 70.0 cm³/mol. The van der Waals surface area contributed by atoms with Crippen LogP contribution in [0.5, 0.6) is 0 Å². The van der Waals surface area contributed by atoms with Crippen molar-refractivity contribution in [2.24, 2.45) is 0 Å². The summed E-state index contributed by atoms with van der Waals surface area (Å²) >= 11 is 4.83. The van der Waals surface area contributed by atoms with Gasteiger partial charge < -0.3 is 10.4 Å². The van der Waals surface area contributed by atoms with E-state index in [1.54, 1.807) is 6.92 Å². The molecule has 0 fully saturated rings. The van der Waals surface area contributed by atoms with Crippen molar-refractivity contribution >= 4 is 33.2 Å². The van der Waals surface area contributed by atoms with Gasteiger partial charge in [0.05, 0.1) is 14.8 Å². The number of hydrogen-bond acceptors (Lipinski definition) is 3. The van der Waals surface area contributed by atoms with Crippen molar-refractivity contribution in [3.8, 4) is 0 Å². The lowest BCUT2D eigenvalue weighted by Crippen LogP contribution is -2.24. The van der Waals surface area contributed by atoms with Gasteiger partial charge in [-0.05, 0) is 54.2 Å². The number of amides is 1. The van der Waals surface area contributed by atoms with Crippen LogP contribution in [0.4, 0.5) is 0 Å². The standard InChI is InChI=1S/C11H16BrNO2S/c1-7-6-9(16-10(7)12)11(15)13-5-3-4-8(2)14/h6,8,14H,3-5H2,1-2H3,(H,13,15). The Bertz CT molecular complexity index is 343. The maximum Gasteiger partial charge on any atom is 0.261 e. The van der Waals surface area contributed by atoms with Crippen molar-refractivity contribution in [1.82, 2.24) is 5.32 Å². The van der Waals surface area contributed by atoms with Gasteiger partial charge in [-0.15, -0.1) is 11.3 Å². The van der Waals surface area contributed by atoms with Crippen LogP contribution in [0.2, 0.25) is 0 Å². The molecule has 1 aromatic heterocycles. The molecular weight excluding hydrogens is 290 g/mol. The number of aliphatic hydroxyl groups is 1. The molecule has 0 aliphatic carbocycles. The van der Waals surface area contributed by atoms with Crippen molar-refractivity contribution in [2.75, 3.05) is 6.54 Å². The lowest BCUT2D eigenvalue weighted by molar-refractivity contribution is 0.0953. The van der Waals surface area contributed by atoms with Crippen LogP contribution in [0.3, 0.4) is 0 Å². The second kappa shape index (κ2) is 6.37. The highest BCUT2D eigenvalue weighted by atomic mass is 79.9. The Morgan fingerprint density at radius 3 is 2.88 bits per heavy atom. The molecule has 0 aliphatic heterocycles. The Hall–Kier alpha value is -0.390. The summed E-state index contributed by atoms with van der Waals surface area (Å²) in [5, 5.41) is 11.9. The molecule has 1 unspecified atom stereocenters. The van der Waals surface area contributed by atoms with Gasteiger partial charge in [0.1, 0.15) is 0 Å². The Morgan fingerprint density at radius 2 is 2.38 bits per heavy atom. The van der Waals surface area contributed by atoms with Crippen LogP contribution in [-0.4, -0.2) is 23.7 Å². The third kappa shape index (κ3) is 4.23. The Labute approximate surface area is 108 Å². The fourth-order valence-corrected chi connectivity index (χ4v) is 2.71. The summed E-state index contributed by atoms with van der Waals surface area (Å²) in [4.78, 5) is 12.4. The maximum absolute atomic E-state index is 11.7. The smallest absolute Gasteiger partial charge is 0.261 e. The van der Waals surface area contributed by atoms with E-state index in [0.717, 1.165) is 20.6 Å². The molecule has 5 heteroatoms. The van der Waals surface area contributed by atoms with Gasteiger partial charge in [-0.1, -0.05) is 0 Å². The third-order valence-corrected chi connectivity index (χ3v) is 4.30. The van der Waals surface area contributed by atoms with E-state index in [9.17, 15) is 4.79 Å². The number of carbonyl (C=O) groups is 1. The van der Waals surface area contributed by atoms with E-state index in [0.29, 0.717) is 13.0 Å². The molecular formula is C11H16BrNO2S. The highest BCUT2D eigenvalue weighted by Crippen LogP contribution is 2.27. The monoisotopic (exact) mass is 305 g/mol. The van der Waals surface area contributed by atoms with Crippen LogP contribution in [-0.2, 0) is 0 Å². The molecule has 1 amide bonds. The van der Waals surface area contributed by atoms with Crippen LogP contribution in [0.1, 0.15) is 35.0 Å². The zero-order valence-electron chi connectivity index (χ0n) is 9.42. The van der Waals surface area contributed by atoms with E-state index in [1.165, 1.54) is 11.3 Å². The van der Waals surface area contributed by atoms with Crippen LogP contribution in [0.25, 0.3) is 0 Å². The van der Waals surface area contributed by atoms with Crippen molar-refractivity contribution in [1.29, 1.82) is 0 Å². The number of aliphatic hydroxyl groups excluding tert-OH is 1. The number of hydrogen-bond donors (Lipinski definition) is 2. The molecule has 0 spiro atoms. The molecule has 2 N–H and O–H groups in total. The molecule has 1 atom stereocenters. The van der Waals surface area contributed by atoms with Crippen molar-refractivity contribution in [2.45, 2.75) is 32.8 Å². The van der Waals surface area contributed by atoms with E-state index in [-0.39, 0.29) is 12.0 Å². The number of aryl methyl sites for hydroxylation is 1. The quantitative estimate of drug-likeness (QED) is 0.822. The van der Waals surface area contributed by atoms with Crippen LogP contribution >= 0.6 is 27.3 Å². The Kier molecular flexibility index (Phi) is 5.44. The summed E-state index contributed by atoms with van der Waals surface area (Å²) in [6.45, 7) is 4.32. The average molecular weight is 306 g/mol. The number of halogens is 1. The van der Waals surface area contributed by atoms with Gasteiger partial charge >= 0.3 is 0 Å². The number of thiophene rings is 1. The Morgan fingerprint density at radius 1 is 1.69 bits per heavy atom. The Balaban J connectivity index is 2.35. The largest absolute Gasteiger partial charge is 0.393 e. The second-order valence-electron chi connectivity index (χ2n) is 3.81. The summed E-state index contributed by atoms with van der Waals surface area (Å²) in [6, 6.07) is 1.87. The molecule has 0 aromatic carbocycles.